The fourth-order valence-electron chi connectivity index (χ4n) is 0.968. The van der Waals surface area contributed by atoms with Crippen molar-refractivity contribution in [3.05, 3.63) is 67.0 Å². The number of nitrogens with one attached hydrogen (secondary N) is 1. The molecule has 0 saturated heterocycles. The summed E-state index contributed by atoms with van der Waals surface area (Å²) >= 11 is 0. The van der Waals surface area contributed by atoms with E-state index in [4.69, 9.17) is 0 Å². The summed E-state index contributed by atoms with van der Waals surface area (Å²) < 4.78 is 12.6. The van der Waals surface area contributed by atoms with E-state index in [0.29, 0.717) is 11.3 Å². The standard InChI is InChI=1S/C13H12FNO/c1-3-10(2)4-9-13(16)15-12-7-5-11(14)6-8-12/h3-9H,1-2H2,(H,15,16). The highest BCUT2D eigenvalue weighted by molar-refractivity contribution is 5.99. The number of anilines is 1. The van der Waals surface area contributed by atoms with E-state index in [2.05, 4.69) is 18.5 Å². The number of hydrogen-bond donors (Lipinski definition) is 1. The van der Waals surface area contributed by atoms with E-state index in [1.165, 1.54) is 30.3 Å². The molecule has 0 aromatic heterocycles. The van der Waals surface area contributed by atoms with E-state index in [1.54, 1.807) is 12.2 Å². The van der Waals surface area contributed by atoms with Gasteiger partial charge in [-0.05, 0) is 29.8 Å². The summed E-state index contributed by atoms with van der Waals surface area (Å²) in [4.78, 5) is 11.4. The zero-order valence-corrected chi connectivity index (χ0v) is 8.74. The van der Waals surface area contributed by atoms with Crippen molar-refractivity contribution >= 4 is 11.6 Å². The summed E-state index contributed by atoms with van der Waals surface area (Å²) in [5, 5.41) is 2.58. The Morgan fingerprint density at radius 2 is 1.88 bits per heavy atom. The number of amides is 1. The van der Waals surface area contributed by atoms with Crippen LogP contribution in [-0.4, -0.2) is 5.91 Å². The lowest BCUT2D eigenvalue weighted by Gasteiger charge is -2.00. The molecule has 0 fully saturated rings. The number of rotatable bonds is 4. The number of allylic oxidation sites excluding steroid dienone is 3. The Hall–Kier alpha value is -2.16. The second-order valence-corrected chi connectivity index (χ2v) is 3.11. The van der Waals surface area contributed by atoms with Gasteiger partial charge in [0.1, 0.15) is 5.82 Å². The Kier molecular flexibility index (Phi) is 4.21. The van der Waals surface area contributed by atoms with Crippen LogP contribution in [0.1, 0.15) is 0 Å². The second kappa shape index (κ2) is 5.66. The van der Waals surface area contributed by atoms with Gasteiger partial charge in [-0.1, -0.05) is 25.3 Å². The molecule has 0 bridgehead atoms. The molecule has 0 aliphatic heterocycles. The molecule has 0 atom stereocenters. The van der Waals surface area contributed by atoms with Gasteiger partial charge in [0.15, 0.2) is 0 Å². The monoisotopic (exact) mass is 217 g/mol. The van der Waals surface area contributed by atoms with E-state index < -0.39 is 0 Å². The predicted octanol–water partition coefficient (Wildman–Crippen LogP) is 3.06. The molecule has 0 aliphatic carbocycles. The van der Waals surface area contributed by atoms with Gasteiger partial charge in [0, 0.05) is 11.8 Å². The van der Waals surface area contributed by atoms with Crippen molar-refractivity contribution in [1.82, 2.24) is 0 Å². The third-order valence-corrected chi connectivity index (χ3v) is 1.82. The summed E-state index contributed by atoms with van der Waals surface area (Å²) in [5.41, 5.74) is 1.19. The van der Waals surface area contributed by atoms with Crippen LogP contribution in [0.4, 0.5) is 10.1 Å². The van der Waals surface area contributed by atoms with Crippen LogP contribution >= 0.6 is 0 Å². The molecule has 0 heterocycles. The second-order valence-electron chi connectivity index (χ2n) is 3.11. The molecule has 0 aliphatic rings. The zero-order chi connectivity index (χ0) is 12.0. The van der Waals surface area contributed by atoms with Crippen molar-refractivity contribution in [3.63, 3.8) is 0 Å². The first-order valence-electron chi connectivity index (χ1n) is 4.68. The number of carbonyl (C=O) groups excluding carboxylic acids is 1. The number of benzene rings is 1. The van der Waals surface area contributed by atoms with Gasteiger partial charge >= 0.3 is 0 Å². The molecule has 3 heteroatoms. The molecule has 0 unspecified atom stereocenters. The van der Waals surface area contributed by atoms with E-state index in [-0.39, 0.29) is 11.7 Å². The van der Waals surface area contributed by atoms with Crippen LogP contribution in [0.5, 0.6) is 0 Å². The number of halogens is 1. The minimum Gasteiger partial charge on any atom is -0.323 e. The summed E-state index contributed by atoms with van der Waals surface area (Å²) in [6.45, 7) is 7.14. The third kappa shape index (κ3) is 3.92. The van der Waals surface area contributed by atoms with Gasteiger partial charge in [-0.2, -0.15) is 0 Å². The van der Waals surface area contributed by atoms with E-state index >= 15 is 0 Å². The lowest BCUT2D eigenvalue weighted by Crippen LogP contribution is -2.07. The topological polar surface area (TPSA) is 29.1 Å². The van der Waals surface area contributed by atoms with Gasteiger partial charge in [0.05, 0.1) is 0 Å². The van der Waals surface area contributed by atoms with Crippen LogP contribution in [0.3, 0.4) is 0 Å². The Bertz CT molecular complexity index is 432. The Balaban J connectivity index is 2.58. The highest BCUT2D eigenvalue weighted by Gasteiger charge is 1.97. The molecule has 0 saturated carbocycles. The Labute approximate surface area is 93.8 Å². The van der Waals surface area contributed by atoms with Gasteiger partial charge in [-0.15, -0.1) is 0 Å². The van der Waals surface area contributed by atoms with Gasteiger partial charge in [-0.25, -0.2) is 4.39 Å². The van der Waals surface area contributed by atoms with Gasteiger partial charge in [-0.3, -0.25) is 4.79 Å². The molecule has 1 amide bonds. The maximum Gasteiger partial charge on any atom is 0.248 e. The summed E-state index contributed by atoms with van der Waals surface area (Å²) in [6.07, 6.45) is 4.43. The highest BCUT2D eigenvalue weighted by atomic mass is 19.1. The fraction of sp³-hybridized carbons (Fsp3) is 0. The van der Waals surface area contributed by atoms with E-state index in [0.717, 1.165) is 0 Å². The van der Waals surface area contributed by atoms with Crippen molar-refractivity contribution in [3.8, 4) is 0 Å². The molecule has 1 aromatic rings. The minimum atomic E-state index is -0.339. The number of carbonyl (C=O) groups is 1. The molecule has 82 valence electrons. The van der Waals surface area contributed by atoms with Crippen LogP contribution < -0.4 is 5.32 Å². The quantitative estimate of drug-likeness (QED) is 0.609. The van der Waals surface area contributed by atoms with Crippen LogP contribution in [0.2, 0.25) is 0 Å². The van der Waals surface area contributed by atoms with Crippen LogP contribution in [-0.2, 0) is 4.79 Å². The molecule has 2 nitrogen and oxygen atoms in total. The first kappa shape index (κ1) is 11.9. The third-order valence-electron chi connectivity index (χ3n) is 1.82. The first-order chi connectivity index (χ1) is 7.61. The lowest BCUT2D eigenvalue weighted by molar-refractivity contribution is -0.111. The van der Waals surface area contributed by atoms with E-state index in [1.807, 2.05) is 0 Å². The minimum absolute atomic E-state index is 0.297. The SMILES string of the molecule is C=CC(=C)C=CC(=O)Nc1ccc(F)cc1. The average molecular weight is 217 g/mol. The molecule has 1 rings (SSSR count). The summed E-state index contributed by atoms with van der Waals surface area (Å²) in [5.74, 6) is -0.636. The first-order valence-corrected chi connectivity index (χ1v) is 4.68. The smallest absolute Gasteiger partial charge is 0.248 e. The van der Waals surface area contributed by atoms with Gasteiger partial charge in [0.2, 0.25) is 5.91 Å². The van der Waals surface area contributed by atoms with Crippen LogP contribution in [0.25, 0.3) is 0 Å². The predicted molar refractivity (Wildman–Crippen MR) is 63.5 cm³/mol. The molecule has 0 radical (unpaired) electrons. The summed E-state index contributed by atoms with van der Waals surface area (Å²) in [6, 6.07) is 5.54. The van der Waals surface area contributed by atoms with Gasteiger partial charge < -0.3 is 5.32 Å². The van der Waals surface area contributed by atoms with Crippen molar-refractivity contribution in [2.75, 3.05) is 5.32 Å². The van der Waals surface area contributed by atoms with Crippen LogP contribution in [0, 0.1) is 5.82 Å². The van der Waals surface area contributed by atoms with Crippen molar-refractivity contribution < 1.29 is 9.18 Å². The average Bonchev–Trinajstić information content (AvgIpc) is 2.29. The molecular formula is C13H12FNO. The molecule has 16 heavy (non-hydrogen) atoms. The van der Waals surface area contributed by atoms with Crippen molar-refractivity contribution in [1.29, 1.82) is 0 Å². The number of hydrogen-bond acceptors (Lipinski definition) is 1. The van der Waals surface area contributed by atoms with E-state index in [9.17, 15) is 9.18 Å². The van der Waals surface area contributed by atoms with Gasteiger partial charge in [0.25, 0.3) is 0 Å². The highest BCUT2D eigenvalue weighted by Crippen LogP contribution is 2.08. The zero-order valence-electron chi connectivity index (χ0n) is 8.74. The normalized spacial score (nSPS) is 10.1. The van der Waals surface area contributed by atoms with Crippen molar-refractivity contribution in [2.24, 2.45) is 0 Å². The molecule has 1 aromatic carbocycles. The van der Waals surface area contributed by atoms with Crippen LogP contribution in [0.15, 0.2) is 61.2 Å². The molecule has 0 spiro atoms. The van der Waals surface area contributed by atoms with Crippen molar-refractivity contribution in [2.45, 2.75) is 0 Å². The molecular weight excluding hydrogens is 205 g/mol. The fourth-order valence-corrected chi connectivity index (χ4v) is 0.968. The Morgan fingerprint density at radius 1 is 1.25 bits per heavy atom. The maximum absolute atomic E-state index is 12.6. The molecule has 1 N–H and O–H groups in total. The lowest BCUT2D eigenvalue weighted by atomic mass is 10.2. The summed E-state index contributed by atoms with van der Waals surface area (Å²) in [7, 11) is 0. The maximum atomic E-state index is 12.6. The largest absolute Gasteiger partial charge is 0.323 e. The Morgan fingerprint density at radius 3 is 2.44 bits per heavy atom.